The molecule has 0 aliphatic heterocycles. The van der Waals surface area contributed by atoms with E-state index in [0.717, 1.165) is 16.5 Å². The van der Waals surface area contributed by atoms with Gasteiger partial charge in [0.1, 0.15) is 4.88 Å². The molecule has 0 saturated heterocycles. The third-order valence-corrected chi connectivity index (χ3v) is 4.09. The van der Waals surface area contributed by atoms with E-state index in [9.17, 15) is 4.79 Å². The SMILES string of the molecule is C/C=C/CCNC(=O)c1sc2cc(C)ccc2c1N. The van der Waals surface area contributed by atoms with E-state index in [-0.39, 0.29) is 5.91 Å². The Kier molecular flexibility index (Phi) is 4.22. The molecule has 1 aromatic heterocycles. The third kappa shape index (κ3) is 2.96. The van der Waals surface area contributed by atoms with Crippen molar-refractivity contribution in [3.8, 4) is 0 Å². The molecule has 0 unspecified atom stereocenters. The van der Waals surface area contributed by atoms with Crippen LogP contribution in [0.2, 0.25) is 0 Å². The number of carbonyl (C=O) groups is 1. The Balaban J connectivity index is 2.20. The minimum Gasteiger partial charge on any atom is -0.397 e. The van der Waals surface area contributed by atoms with Gasteiger partial charge in [-0.3, -0.25) is 4.79 Å². The van der Waals surface area contributed by atoms with E-state index in [2.05, 4.69) is 11.4 Å². The number of carbonyl (C=O) groups excluding carboxylic acids is 1. The van der Waals surface area contributed by atoms with Gasteiger partial charge in [0.2, 0.25) is 0 Å². The molecule has 100 valence electrons. The van der Waals surface area contributed by atoms with Crippen LogP contribution in [0.5, 0.6) is 0 Å². The molecule has 4 heteroatoms. The quantitative estimate of drug-likeness (QED) is 0.662. The molecule has 2 rings (SSSR count). The van der Waals surface area contributed by atoms with Gasteiger partial charge in [-0.25, -0.2) is 0 Å². The molecule has 1 heterocycles. The van der Waals surface area contributed by atoms with E-state index in [4.69, 9.17) is 5.73 Å². The molecule has 19 heavy (non-hydrogen) atoms. The number of nitrogen functional groups attached to an aromatic ring is 1. The standard InChI is InChI=1S/C15H18N2OS/c1-3-4-5-8-17-15(18)14-13(16)11-7-6-10(2)9-12(11)19-14/h3-4,6-7,9H,5,8,16H2,1-2H3,(H,17,18)/b4-3+. The Labute approximate surface area is 117 Å². The van der Waals surface area contributed by atoms with Gasteiger partial charge in [0.05, 0.1) is 5.69 Å². The van der Waals surface area contributed by atoms with Crippen LogP contribution >= 0.6 is 11.3 Å². The van der Waals surface area contributed by atoms with Crippen LogP contribution in [0.1, 0.15) is 28.6 Å². The predicted molar refractivity (Wildman–Crippen MR) is 82.7 cm³/mol. The van der Waals surface area contributed by atoms with Crippen molar-refractivity contribution in [1.29, 1.82) is 0 Å². The number of hydrogen-bond acceptors (Lipinski definition) is 3. The molecular weight excluding hydrogens is 256 g/mol. The van der Waals surface area contributed by atoms with Gasteiger partial charge < -0.3 is 11.1 Å². The summed E-state index contributed by atoms with van der Waals surface area (Å²) in [6.45, 7) is 4.64. The zero-order valence-corrected chi connectivity index (χ0v) is 12.0. The molecule has 1 amide bonds. The first-order valence-corrected chi connectivity index (χ1v) is 7.13. The number of hydrogen-bond donors (Lipinski definition) is 2. The number of allylic oxidation sites excluding steroid dienone is 1. The number of aryl methyl sites for hydroxylation is 1. The van der Waals surface area contributed by atoms with E-state index in [0.29, 0.717) is 17.1 Å². The summed E-state index contributed by atoms with van der Waals surface area (Å²) in [4.78, 5) is 12.7. The van der Waals surface area contributed by atoms with Crippen molar-refractivity contribution in [1.82, 2.24) is 5.32 Å². The lowest BCUT2D eigenvalue weighted by atomic mass is 10.1. The fourth-order valence-electron chi connectivity index (χ4n) is 1.91. The fourth-order valence-corrected chi connectivity index (χ4v) is 3.05. The van der Waals surface area contributed by atoms with Gasteiger partial charge in [-0.2, -0.15) is 0 Å². The van der Waals surface area contributed by atoms with Gasteiger partial charge in [-0.05, 0) is 31.9 Å². The first kappa shape index (κ1) is 13.6. The van der Waals surface area contributed by atoms with Gasteiger partial charge in [0.25, 0.3) is 5.91 Å². The molecule has 0 aliphatic carbocycles. The molecule has 0 atom stereocenters. The monoisotopic (exact) mass is 274 g/mol. The van der Waals surface area contributed by atoms with Crippen LogP contribution in [-0.4, -0.2) is 12.5 Å². The molecule has 0 aliphatic rings. The Morgan fingerprint density at radius 2 is 2.26 bits per heavy atom. The van der Waals surface area contributed by atoms with E-state index < -0.39 is 0 Å². The van der Waals surface area contributed by atoms with Crippen LogP contribution in [0.15, 0.2) is 30.4 Å². The molecular formula is C15H18N2OS. The van der Waals surface area contributed by atoms with Crippen molar-refractivity contribution in [3.05, 3.63) is 40.8 Å². The van der Waals surface area contributed by atoms with Gasteiger partial charge in [0, 0.05) is 16.6 Å². The van der Waals surface area contributed by atoms with Gasteiger partial charge >= 0.3 is 0 Å². The Hall–Kier alpha value is -1.81. The molecule has 3 N–H and O–H groups in total. The van der Waals surface area contributed by atoms with Crippen molar-refractivity contribution < 1.29 is 4.79 Å². The zero-order chi connectivity index (χ0) is 13.8. The lowest BCUT2D eigenvalue weighted by Crippen LogP contribution is -2.23. The summed E-state index contributed by atoms with van der Waals surface area (Å²) in [5.41, 5.74) is 7.82. The maximum Gasteiger partial charge on any atom is 0.263 e. The van der Waals surface area contributed by atoms with Crippen molar-refractivity contribution in [2.24, 2.45) is 0 Å². The summed E-state index contributed by atoms with van der Waals surface area (Å²) in [6.07, 6.45) is 4.84. The third-order valence-electron chi connectivity index (χ3n) is 2.92. The number of fused-ring (bicyclic) bond motifs is 1. The number of rotatable bonds is 4. The Morgan fingerprint density at radius 1 is 1.47 bits per heavy atom. The topological polar surface area (TPSA) is 55.1 Å². The average Bonchev–Trinajstić information content (AvgIpc) is 2.71. The predicted octanol–water partition coefficient (Wildman–Crippen LogP) is 3.49. The first-order valence-electron chi connectivity index (χ1n) is 6.31. The number of amides is 1. The summed E-state index contributed by atoms with van der Waals surface area (Å²) in [5.74, 6) is -0.0825. The van der Waals surface area contributed by atoms with E-state index in [1.54, 1.807) is 0 Å². The highest BCUT2D eigenvalue weighted by atomic mass is 32.1. The normalized spacial score (nSPS) is 11.3. The van der Waals surface area contributed by atoms with Gasteiger partial charge in [0.15, 0.2) is 0 Å². The largest absolute Gasteiger partial charge is 0.397 e. The summed E-state index contributed by atoms with van der Waals surface area (Å²) in [5, 5.41) is 3.86. The smallest absolute Gasteiger partial charge is 0.263 e. The molecule has 0 radical (unpaired) electrons. The van der Waals surface area contributed by atoms with Crippen LogP contribution in [0.3, 0.4) is 0 Å². The summed E-state index contributed by atoms with van der Waals surface area (Å²) in [6, 6.07) is 6.05. The molecule has 0 spiro atoms. The highest BCUT2D eigenvalue weighted by Crippen LogP contribution is 2.33. The number of benzene rings is 1. The Bertz CT molecular complexity index is 628. The first-order chi connectivity index (χ1) is 9.13. The minimum atomic E-state index is -0.0825. The van der Waals surface area contributed by atoms with Crippen LogP contribution < -0.4 is 11.1 Å². The van der Waals surface area contributed by atoms with Crippen molar-refractivity contribution in [2.45, 2.75) is 20.3 Å². The van der Waals surface area contributed by atoms with E-state index in [1.165, 1.54) is 16.9 Å². The zero-order valence-electron chi connectivity index (χ0n) is 11.2. The second-order valence-electron chi connectivity index (χ2n) is 4.46. The highest BCUT2D eigenvalue weighted by Gasteiger charge is 2.15. The van der Waals surface area contributed by atoms with Crippen molar-refractivity contribution in [3.63, 3.8) is 0 Å². The minimum absolute atomic E-state index is 0.0825. The summed E-state index contributed by atoms with van der Waals surface area (Å²) < 4.78 is 1.07. The second kappa shape index (κ2) is 5.89. The lowest BCUT2D eigenvalue weighted by Gasteiger charge is -2.01. The van der Waals surface area contributed by atoms with E-state index >= 15 is 0 Å². The molecule has 0 fully saturated rings. The van der Waals surface area contributed by atoms with Gasteiger partial charge in [-0.1, -0.05) is 24.3 Å². The highest BCUT2D eigenvalue weighted by molar-refractivity contribution is 7.21. The maximum absolute atomic E-state index is 12.1. The number of anilines is 1. The van der Waals surface area contributed by atoms with E-state index in [1.807, 2.05) is 38.1 Å². The summed E-state index contributed by atoms with van der Waals surface area (Å²) in [7, 11) is 0. The van der Waals surface area contributed by atoms with Crippen molar-refractivity contribution in [2.75, 3.05) is 12.3 Å². The average molecular weight is 274 g/mol. The van der Waals surface area contributed by atoms with Crippen LogP contribution in [-0.2, 0) is 0 Å². The second-order valence-corrected chi connectivity index (χ2v) is 5.51. The molecule has 2 aromatic rings. The van der Waals surface area contributed by atoms with Crippen LogP contribution in [0.25, 0.3) is 10.1 Å². The fraction of sp³-hybridized carbons (Fsp3) is 0.267. The van der Waals surface area contributed by atoms with Gasteiger partial charge in [-0.15, -0.1) is 11.3 Å². The molecule has 0 saturated carbocycles. The van der Waals surface area contributed by atoms with Crippen LogP contribution in [0, 0.1) is 6.92 Å². The number of thiophene rings is 1. The van der Waals surface area contributed by atoms with Crippen molar-refractivity contribution >= 4 is 33.0 Å². The number of nitrogens with two attached hydrogens (primary N) is 1. The number of nitrogens with one attached hydrogen (secondary N) is 1. The molecule has 1 aromatic carbocycles. The Morgan fingerprint density at radius 3 is 3.00 bits per heavy atom. The maximum atomic E-state index is 12.1. The molecule has 0 bridgehead atoms. The molecule has 3 nitrogen and oxygen atoms in total. The lowest BCUT2D eigenvalue weighted by molar-refractivity contribution is 0.0959. The van der Waals surface area contributed by atoms with Crippen LogP contribution in [0.4, 0.5) is 5.69 Å². The summed E-state index contributed by atoms with van der Waals surface area (Å²) >= 11 is 1.45.